The molecule has 0 aliphatic heterocycles. The Morgan fingerprint density at radius 1 is 0.882 bits per heavy atom. The van der Waals surface area contributed by atoms with E-state index in [2.05, 4.69) is 77.7 Å². The van der Waals surface area contributed by atoms with Gasteiger partial charge in [-0.1, -0.05) is 55.2 Å². The minimum absolute atomic E-state index is 1.00. The number of benzene rings is 1. The number of fused-ring (bicyclic) bond motifs is 2. The molecule has 0 saturated carbocycles. The lowest BCUT2D eigenvalue weighted by atomic mass is 10.1. The van der Waals surface area contributed by atoms with Gasteiger partial charge in [0.2, 0.25) is 0 Å². The Morgan fingerprint density at radius 2 is 1.59 bits per heavy atom. The van der Waals surface area contributed by atoms with E-state index < -0.39 is 0 Å². The van der Waals surface area contributed by atoms with Crippen molar-refractivity contribution in [3.8, 4) is 0 Å². The summed E-state index contributed by atoms with van der Waals surface area (Å²) in [6, 6.07) is 8.43. The highest BCUT2D eigenvalue weighted by molar-refractivity contribution is 14.1. The summed E-state index contributed by atoms with van der Waals surface area (Å²) in [5.41, 5.74) is 3.41. The summed E-state index contributed by atoms with van der Waals surface area (Å²) in [5, 5.41) is 0. The molecule has 1 aliphatic carbocycles. The molecule has 84 valence electrons. The van der Waals surface area contributed by atoms with Crippen LogP contribution in [-0.4, -0.2) is 0 Å². The fourth-order valence-corrected chi connectivity index (χ4v) is 1.91. The summed E-state index contributed by atoms with van der Waals surface area (Å²) < 4.78 is 1.20. The van der Waals surface area contributed by atoms with Crippen LogP contribution in [0, 0.1) is 0 Å². The first-order valence-electron chi connectivity index (χ1n) is 5.43. The van der Waals surface area contributed by atoms with Gasteiger partial charge in [0, 0.05) is 3.58 Å². The van der Waals surface area contributed by atoms with Crippen molar-refractivity contribution in [2.24, 2.45) is 0 Å². The van der Waals surface area contributed by atoms with Crippen LogP contribution in [0.2, 0.25) is 0 Å². The highest BCUT2D eigenvalue weighted by Gasteiger charge is 1.91. The van der Waals surface area contributed by atoms with Crippen LogP contribution in [0.4, 0.5) is 0 Å². The van der Waals surface area contributed by atoms with Crippen LogP contribution in [0.1, 0.15) is 11.1 Å². The molecule has 1 heteroatoms. The Kier molecular flexibility index (Phi) is 4.15. The molecular weight excluding hydrogens is 319 g/mol. The van der Waals surface area contributed by atoms with Crippen molar-refractivity contribution in [1.82, 2.24) is 0 Å². The lowest BCUT2D eigenvalue weighted by Crippen LogP contribution is -1.77. The van der Waals surface area contributed by atoms with Crippen molar-refractivity contribution in [1.29, 1.82) is 0 Å². The van der Waals surface area contributed by atoms with Gasteiger partial charge in [-0.15, -0.1) is 0 Å². The van der Waals surface area contributed by atoms with Crippen LogP contribution in [-0.2, 0) is 0 Å². The third kappa shape index (κ3) is 3.86. The molecule has 0 saturated heterocycles. The highest BCUT2D eigenvalue weighted by Crippen LogP contribution is 2.15. The van der Waals surface area contributed by atoms with Crippen molar-refractivity contribution < 1.29 is 0 Å². The van der Waals surface area contributed by atoms with Gasteiger partial charge < -0.3 is 0 Å². The molecular formula is C16H13I. The maximum atomic E-state index is 3.98. The largest absolute Gasteiger partial charge is 0.0918 e. The zero-order valence-electron chi connectivity index (χ0n) is 9.44. The zero-order chi connectivity index (χ0) is 12.1. The average molecular weight is 332 g/mol. The van der Waals surface area contributed by atoms with Crippen molar-refractivity contribution >= 4 is 34.7 Å². The molecule has 1 aromatic rings. The molecule has 1 aliphatic rings. The minimum atomic E-state index is 1.00. The van der Waals surface area contributed by atoms with E-state index in [-0.39, 0.29) is 0 Å². The highest BCUT2D eigenvalue weighted by atomic mass is 127. The van der Waals surface area contributed by atoms with Gasteiger partial charge in [-0.3, -0.25) is 0 Å². The lowest BCUT2D eigenvalue weighted by Gasteiger charge is -1.98. The second-order valence-electron chi connectivity index (χ2n) is 3.82. The molecule has 17 heavy (non-hydrogen) atoms. The van der Waals surface area contributed by atoms with Gasteiger partial charge >= 0.3 is 0 Å². The fourth-order valence-electron chi connectivity index (χ4n) is 1.52. The summed E-state index contributed by atoms with van der Waals surface area (Å²) in [5.74, 6) is 0. The van der Waals surface area contributed by atoms with Gasteiger partial charge in [0.15, 0.2) is 0 Å². The molecule has 2 bridgehead atoms. The van der Waals surface area contributed by atoms with Crippen LogP contribution in [0.25, 0.3) is 12.2 Å². The Hall–Kier alpha value is -1.35. The topological polar surface area (TPSA) is 0 Å². The van der Waals surface area contributed by atoms with E-state index in [4.69, 9.17) is 0 Å². The molecule has 0 aromatic heterocycles. The van der Waals surface area contributed by atoms with Crippen molar-refractivity contribution in [2.75, 3.05) is 0 Å². The van der Waals surface area contributed by atoms with Gasteiger partial charge in [-0.25, -0.2) is 0 Å². The summed E-state index contributed by atoms with van der Waals surface area (Å²) in [6.45, 7) is 3.98. The van der Waals surface area contributed by atoms with E-state index in [1.807, 2.05) is 18.2 Å². The summed E-state index contributed by atoms with van der Waals surface area (Å²) in [7, 11) is 0. The Balaban J connectivity index is 2.46. The van der Waals surface area contributed by atoms with Crippen LogP contribution in [0.15, 0.2) is 70.4 Å². The molecule has 0 fully saturated rings. The standard InChI is InChI=1S/C16H13I/c1-13-4-2-7-16(17)11-10-15-6-3-5-14(12-15)9-8-13/h2-12H,1H2/b4-2-,9-8-,11-10-,16-7-. The Bertz CT molecular complexity index is 542. The third-order valence-corrected chi connectivity index (χ3v) is 3.12. The summed E-state index contributed by atoms with van der Waals surface area (Å²) in [6.07, 6.45) is 14.4. The first-order chi connectivity index (χ1) is 8.24. The summed E-state index contributed by atoms with van der Waals surface area (Å²) in [4.78, 5) is 0. The van der Waals surface area contributed by atoms with E-state index in [0.29, 0.717) is 0 Å². The monoisotopic (exact) mass is 332 g/mol. The van der Waals surface area contributed by atoms with Crippen molar-refractivity contribution in [3.63, 3.8) is 0 Å². The second kappa shape index (κ2) is 5.82. The van der Waals surface area contributed by atoms with Crippen LogP contribution in [0.5, 0.6) is 0 Å². The van der Waals surface area contributed by atoms with Gasteiger partial charge in [-0.05, 0) is 57.5 Å². The molecule has 0 unspecified atom stereocenters. The zero-order valence-corrected chi connectivity index (χ0v) is 11.6. The maximum absolute atomic E-state index is 3.98. The molecule has 0 nitrogen and oxygen atoms in total. The molecule has 0 spiro atoms. The first kappa shape index (κ1) is 12.1. The van der Waals surface area contributed by atoms with Gasteiger partial charge in [0.25, 0.3) is 0 Å². The lowest BCUT2D eigenvalue weighted by molar-refractivity contribution is 1.61. The maximum Gasteiger partial charge on any atom is 0.0130 e. The van der Waals surface area contributed by atoms with E-state index in [9.17, 15) is 0 Å². The minimum Gasteiger partial charge on any atom is -0.0918 e. The molecule has 0 amide bonds. The van der Waals surface area contributed by atoms with Crippen LogP contribution >= 0.6 is 22.6 Å². The molecule has 0 N–H and O–H groups in total. The molecule has 0 atom stereocenters. The first-order valence-corrected chi connectivity index (χ1v) is 6.51. The third-order valence-electron chi connectivity index (χ3n) is 2.40. The smallest absolute Gasteiger partial charge is 0.0130 e. The van der Waals surface area contributed by atoms with Gasteiger partial charge in [0.1, 0.15) is 0 Å². The number of hydrogen-bond acceptors (Lipinski definition) is 0. The van der Waals surface area contributed by atoms with Crippen LogP contribution in [0.3, 0.4) is 0 Å². The second-order valence-corrected chi connectivity index (χ2v) is 5.07. The number of rotatable bonds is 0. The van der Waals surface area contributed by atoms with Crippen LogP contribution < -0.4 is 0 Å². The normalized spacial score (nSPS) is 23.8. The Labute approximate surface area is 116 Å². The van der Waals surface area contributed by atoms with Gasteiger partial charge in [-0.2, -0.15) is 0 Å². The molecule has 2 rings (SSSR count). The quantitative estimate of drug-likeness (QED) is 0.576. The SMILES string of the molecule is C=C1\C=C/C=C(I)/C=C\c2cccc(c2)/C=C\1. The van der Waals surface area contributed by atoms with E-state index in [1.165, 1.54) is 14.7 Å². The summed E-state index contributed by atoms with van der Waals surface area (Å²) >= 11 is 2.32. The number of halogens is 1. The predicted molar refractivity (Wildman–Crippen MR) is 84.9 cm³/mol. The molecule has 0 radical (unpaired) electrons. The predicted octanol–water partition coefficient (Wildman–Crippen LogP) is 5.16. The van der Waals surface area contributed by atoms with Crippen molar-refractivity contribution in [2.45, 2.75) is 0 Å². The Morgan fingerprint density at radius 3 is 2.35 bits per heavy atom. The van der Waals surface area contributed by atoms with E-state index in [0.717, 1.165) is 5.57 Å². The number of hydrogen-bond donors (Lipinski definition) is 0. The van der Waals surface area contributed by atoms with E-state index in [1.54, 1.807) is 0 Å². The van der Waals surface area contributed by atoms with E-state index >= 15 is 0 Å². The van der Waals surface area contributed by atoms with Crippen molar-refractivity contribution in [3.05, 3.63) is 81.5 Å². The van der Waals surface area contributed by atoms with Gasteiger partial charge in [0.05, 0.1) is 0 Å². The molecule has 1 aromatic carbocycles. The number of allylic oxidation sites excluding steroid dienone is 7. The molecule has 0 heterocycles. The fraction of sp³-hybridized carbons (Fsp3) is 0. The average Bonchev–Trinajstić information content (AvgIpc) is 2.33.